The molecule has 2 atom stereocenters. The Balaban J connectivity index is 1.86. The first-order valence-corrected chi connectivity index (χ1v) is 4.25. The summed E-state index contributed by atoms with van der Waals surface area (Å²) >= 11 is 0. The fourth-order valence-electron chi connectivity index (χ4n) is 1.53. The maximum absolute atomic E-state index is 10.8. The zero-order valence-electron chi connectivity index (χ0n) is 6.82. The summed E-state index contributed by atoms with van der Waals surface area (Å²) in [5, 5.41) is 0. The monoisotopic (exact) mass is 172 g/mol. The second-order valence-electron chi connectivity index (χ2n) is 3.05. The van der Waals surface area contributed by atoms with Crippen LogP contribution >= 0.6 is 0 Å². The van der Waals surface area contributed by atoms with Crippen molar-refractivity contribution in [2.45, 2.75) is 25.0 Å². The smallest absolute Gasteiger partial charge is 0.306 e. The standard InChI is InChI=1S/C8H12O4/c9-8-2-1-6(12-8)7-5-10-3-4-11-7/h6-7H,1-5H2. The lowest BCUT2D eigenvalue weighted by Crippen LogP contribution is -2.38. The van der Waals surface area contributed by atoms with E-state index in [2.05, 4.69) is 0 Å². The number of hydrogen-bond donors (Lipinski definition) is 0. The van der Waals surface area contributed by atoms with Gasteiger partial charge in [0.15, 0.2) is 0 Å². The fraction of sp³-hybridized carbons (Fsp3) is 0.875. The zero-order valence-corrected chi connectivity index (χ0v) is 6.82. The third kappa shape index (κ3) is 1.59. The molecular weight excluding hydrogens is 160 g/mol. The van der Waals surface area contributed by atoms with Gasteiger partial charge in [-0.2, -0.15) is 0 Å². The van der Waals surface area contributed by atoms with Gasteiger partial charge in [0.05, 0.1) is 19.8 Å². The molecule has 4 nitrogen and oxygen atoms in total. The van der Waals surface area contributed by atoms with E-state index >= 15 is 0 Å². The average Bonchev–Trinajstić information content (AvgIpc) is 2.54. The lowest BCUT2D eigenvalue weighted by molar-refractivity contribution is -0.159. The van der Waals surface area contributed by atoms with Crippen molar-refractivity contribution in [3.63, 3.8) is 0 Å². The van der Waals surface area contributed by atoms with Gasteiger partial charge < -0.3 is 14.2 Å². The largest absolute Gasteiger partial charge is 0.459 e. The van der Waals surface area contributed by atoms with Crippen molar-refractivity contribution < 1.29 is 19.0 Å². The van der Waals surface area contributed by atoms with Crippen LogP contribution in [0.4, 0.5) is 0 Å². The van der Waals surface area contributed by atoms with Crippen LogP contribution in [-0.4, -0.2) is 38.0 Å². The van der Waals surface area contributed by atoms with E-state index in [9.17, 15) is 4.79 Å². The van der Waals surface area contributed by atoms with Crippen molar-refractivity contribution in [2.24, 2.45) is 0 Å². The predicted molar refractivity (Wildman–Crippen MR) is 39.7 cm³/mol. The van der Waals surface area contributed by atoms with Gasteiger partial charge in [-0.05, 0) is 6.42 Å². The summed E-state index contributed by atoms with van der Waals surface area (Å²) in [7, 11) is 0. The predicted octanol–water partition coefficient (Wildman–Crippen LogP) is 0.107. The highest BCUT2D eigenvalue weighted by molar-refractivity contribution is 5.71. The molecule has 2 heterocycles. The van der Waals surface area contributed by atoms with Crippen molar-refractivity contribution in [1.82, 2.24) is 0 Å². The van der Waals surface area contributed by atoms with Gasteiger partial charge in [-0.1, -0.05) is 0 Å². The number of rotatable bonds is 1. The minimum atomic E-state index is -0.117. The molecule has 2 fully saturated rings. The van der Waals surface area contributed by atoms with E-state index in [4.69, 9.17) is 14.2 Å². The third-order valence-corrected chi connectivity index (χ3v) is 2.17. The Labute approximate surface area is 70.8 Å². The van der Waals surface area contributed by atoms with Crippen LogP contribution in [0.15, 0.2) is 0 Å². The highest BCUT2D eigenvalue weighted by Crippen LogP contribution is 2.20. The fourth-order valence-corrected chi connectivity index (χ4v) is 1.53. The minimum absolute atomic E-state index is 0.0369. The van der Waals surface area contributed by atoms with Crippen molar-refractivity contribution in [3.05, 3.63) is 0 Å². The van der Waals surface area contributed by atoms with E-state index in [1.54, 1.807) is 0 Å². The summed E-state index contributed by atoms with van der Waals surface area (Å²) in [5.74, 6) is -0.117. The summed E-state index contributed by atoms with van der Waals surface area (Å²) < 4.78 is 15.7. The first-order valence-electron chi connectivity index (χ1n) is 4.25. The number of carbonyl (C=O) groups is 1. The maximum atomic E-state index is 10.8. The Morgan fingerprint density at radius 2 is 2.17 bits per heavy atom. The van der Waals surface area contributed by atoms with Crippen LogP contribution in [0.3, 0.4) is 0 Å². The molecule has 0 amide bonds. The van der Waals surface area contributed by atoms with Crippen molar-refractivity contribution in [3.8, 4) is 0 Å². The zero-order chi connectivity index (χ0) is 8.39. The van der Waals surface area contributed by atoms with Gasteiger partial charge in [-0.15, -0.1) is 0 Å². The van der Waals surface area contributed by atoms with E-state index < -0.39 is 0 Å². The molecule has 12 heavy (non-hydrogen) atoms. The van der Waals surface area contributed by atoms with Crippen molar-refractivity contribution >= 4 is 5.97 Å². The molecule has 0 bridgehead atoms. The molecule has 0 saturated carbocycles. The SMILES string of the molecule is O=C1CCC(C2COCCO2)O1. The van der Waals surface area contributed by atoms with E-state index in [0.717, 1.165) is 6.42 Å². The molecule has 2 aliphatic heterocycles. The first-order chi connectivity index (χ1) is 5.86. The van der Waals surface area contributed by atoms with Gasteiger partial charge >= 0.3 is 5.97 Å². The highest BCUT2D eigenvalue weighted by atomic mass is 16.6. The van der Waals surface area contributed by atoms with Gasteiger partial charge in [-0.3, -0.25) is 4.79 Å². The quantitative estimate of drug-likeness (QED) is 0.526. The van der Waals surface area contributed by atoms with Crippen LogP contribution in [0.25, 0.3) is 0 Å². The van der Waals surface area contributed by atoms with Crippen molar-refractivity contribution in [2.75, 3.05) is 19.8 Å². The number of carbonyl (C=O) groups excluding carboxylic acids is 1. The average molecular weight is 172 g/mol. The molecule has 0 aromatic carbocycles. The maximum Gasteiger partial charge on any atom is 0.306 e. The molecule has 68 valence electrons. The molecule has 0 aromatic heterocycles. The molecule has 2 unspecified atom stereocenters. The molecule has 0 radical (unpaired) electrons. The van der Waals surface area contributed by atoms with Gasteiger partial charge in [-0.25, -0.2) is 0 Å². The Bertz CT molecular complexity index is 174. The lowest BCUT2D eigenvalue weighted by Gasteiger charge is -2.26. The summed E-state index contributed by atoms with van der Waals surface area (Å²) in [4.78, 5) is 10.8. The normalized spacial score (nSPS) is 36.5. The molecule has 0 spiro atoms. The number of hydrogen-bond acceptors (Lipinski definition) is 4. The number of cyclic esters (lactones) is 1. The van der Waals surface area contributed by atoms with Crippen LogP contribution in [-0.2, 0) is 19.0 Å². The van der Waals surface area contributed by atoms with Crippen LogP contribution < -0.4 is 0 Å². The van der Waals surface area contributed by atoms with E-state index in [-0.39, 0.29) is 18.2 Å². The summed E-state index contributed by atoms with van der Waals surface area (Å²) in [5.41, 5.74) is 0. The Morgan fingerprint density at radius 3 is 2.75 bits per heavy atom. The highest BCUT2D eigenvalue weighted by Gasteiger charge is 2.33. The second kappa shape index (κ2) is 3.41. The van der Waals surface area contributed by atoms with E-state index in [1.807, 2.05) is 0 Å². The first kappa shape index (κ1) is 8.01. The number of esters is 1. The molecule has 4 heteroatoms. The Hall–Kier alpha value is -0.610. The Morgan fingerprint density at radius 1 is 1.25 bits per heavy atom. The molecule has 0 N–H and O–H groups in total. The molecule has 0 aliphatic carbocycles. The molecule has 0 aromatic rings. The van der Waals surface area contributed by atoms with Crippen LogP contribution in [0, 0.1) is 0 Å². The topological polar surface area (TPSA) is 44.8 Å². The third-order valence-electron chi connectivity index (χ3n) is 2.17. The van der Waals surface area contributed by atoms with Gasteiger partial charge in [0.2, 0.25) is 0 Å². The minimum Gasteiger partial charge on any atom is -0.459 e. The lowest BCUT2D eigenvalue weighted by atomic mass is 10.1. The van der Waals surface area contributed by atoms with Crippen molar-refractivity contribution in [1.29, 1.82) is 0 Å². The summed E-state index contributed by atoms with van der Waals surface area (Å²) in [6.45, 7) is 1.81. The second-order valence-corrected chi connectivity index (χ2v) is 3.05. The summed E-state index contributed by atoms with van der Waals surface area (Å²) in [6.07, 6.45) is 1.18. The molecule has 2 saturated heterocycles. The summed E-state index contributed by atoms with van der Waals surface area (Å²) in [6, 6.07) is 0. The van der Waals surface area contributed by atoms with Crippen LogP contribution in [0.2, 0.25) is 0 Å². The molecular formula is C8H12O4. The number of ether oxygens (including phenoxy) is 3. The van der Waals surface area contributed by atoms with Gasteiger partial charge in [0, 0.05) is 6.42 Å². The van der Waals surface area contributed by atoms with Crippen LogP contribution in [0.5, 0.6) is 0 Å². The van der Waals surface area contributed by atoms with Gasteiger partial charge in [0.25, 0.3) is 0 Å². The van der Waals surface area contributed by atoms with E-state index in [0.29, 0.717) is 26.2 Å². The molecule has 2 aliphatic rings. The van der Waals surface area contributed by atoms with Crippen LogP contribution in [0.1, 0.15) is 12.8 Å². The van der Waals surface area contributed by atoms with Gasteiger partial charge in [0.1, 0.15) is 12.2 Å². The Kier molecular flexibility index (Phi) is 2.28. The molecule has 2 rings (SSSR count). The van der Waals surface area contributed by atoms with E-state index in [1.165, 1.54) is 0 Å².